The molecule has 0 saturated carbocycles. The van der Waals surface area contributed by atoms with E-state index in [1.54, 1.807) is 24.3 Å². The fourth-order valence-electron chi connectivity index (χ4n) is 1.60. The van der Waals surface area contributed by atoms with Crippen LogP contribution in [0.25, 0.3) is 0 Å². The van der Waals surface area contributed by atoms with Crippen molar-refractivity contribution in [3.05, 3.63) is 45.7 Å². The lowest BCUT2D eigenvalue weighted by molar-refractivity contribution is 0.603. The number of halogens is 1. The van der Waals surface area contributed by atoms with Crippen LogP contribution in [0.1, 0.15) is 5.56 Å². The number of sulfonamides is 1. The van der Waals surface area contributed by atoms with Gasteiger partial charge >= 0.3 is 0 Å². The molecule has 0 aliphatic carbocycles. The van der Waals surface area contributed by atoms with E-state index in [0.29, 0.717) is 16.4 Å². The first-order chi connectivity index (χ1) is 9.03. The van der Waals surface area contributed by atoms with Gasteiger partial charge < -0.3 is 5.32 Å². The number of nitrogens with one attached hydrogen (secondary N) is 2. The quantitative estimate of drug-likeness (QED) is 0.861. The van der Waals surface area contributed by atoms with Crippen molar-refractivity contribution >= 4 is 43.0 Å². The molecule has 0 radical (unpaired) electrons. The third-order valence-corrected chi connectivity index (χ3v) is 5.92. The van der Waals surface area contributed by atoms with Crippen molar-refractivity contribution in [1.82, 2.24) is 5.32 Å². The molecule has 4 nitrogen and oxygen atoms in total. The summed E-state index contributed by atoms with van der Waals surface area (Å²) in [5.74, 6) is 0. The molecule has 0 saturated heterocycles. The molecule has 0 aliphatic rings. The second-order valence-corrected chi connectivity index (χ2v) is 8.22. The number of para-hydroxylation sites is 1. The molecule has 0 spiro atoms. The van der Waals surface area contributed by atoms with Crippen molar-refractivity contribution < 1.29 is 8.42 Å². The van der Waals surface area contributed by atoms with Gasteiger partial charge in [0.15, 0.2) is 0 Å². The Morgan fingerprint density at radius 3 is 2.58 bits per heavy atom. The number of hydrogen-bond acceptors (Lipinski definition) is 4. The monoisotopic (exact) mass is 360 g/mol. The standard InChI is InChI=1S/C12H13BrN2O2S2/c1-14-8-9-4-2-3-5-10(9)15-19(16,17)12-7-6-11(13)18-12/h2-7,14-15H,8H2,1H3. The van der Waals surface area contributed by atoms with Crippen molar-refractivity contribution in [3.8, 4) is 0 Å². The summed E-state index contributed by atoms with van der Waals surface area (Å²) in [7, 11) is -1.70. The van der Waals surface area contributed by atoms with Gasteiger partial charge in [0, 0.05) is 6.54 Å². The first kappa shape index (κ1) is 14.5. The molecule has 0 fully saturated rings. The minimum Gasteiger partial charge on any atom is -0.316 e. The number of benzene rings is 1. The highest BCUT2D eigenvalue weighted by atomic mass is 79.9. The molecule has 1 aromatic heterocycles. The first-order valence-electron chi connectivity index (χ1n) is 5.53. The lowest BCUT2D eigenvalue weighted by Crippen LogP contribution is -2.15. The van der Waals surface area contributed by atoms with E-state index >= 15 is 0 Å². The van der Waals surface area contributed by atoms with Gasteiger partial charge in [-0.25, -0.2) is 8.42 Å². The summed E-state index contributed by atoms with van der Waals surface area (Å²) in [6, 6.07) is 10.6. The fraction of sp³-hybridized carbons (Fsp3) is 0.167. The number of anilines is 1. The SMILES string of the molecule is CNCc1ccccc1NS(=O)(=O)c1ccc(Br)s1. The Labute approximate surface area is 125 Å². The summed E-state index contributed by atoms with van der Waals surface area (Å²) in [5, 5.41) is 3.01. The number of rotatable bonds is 5. The molecule has 1 heterocycles. The van der Waals surface area contributed by atoms with E-state index in [-0.39, 0.29) is 0 Å². The van der Waals surface area contributed by atoms with Gasteiger partial charge in [0.05, 0.1) is 9.47 Å². The smallest absolute Gasteiger partial charge is 0.271 e. The minimum atomic E-state index is -3.52. The molecule has 102 valence electrons. The maximum absolute atomic E-state index is 12.2. The van der Waals surface area contributed by atoms with E-state index in [9.17, 15) is 8.42 Å². The van der Waals surface area contributed by atoms with Gasteiger partial charge in [-0.05, 0) is 46.7 Å². The van der Waals surface area contributed by atoms with Gasteiger partial charge in [0.1, 0.15) is 4.21 Å². The fourth-order valence-corrected chi connectivity index (χ4v) is 4.71. The highest BCUT2D eigenvalue weighted by Gasteiger charge is 2.17. The second-order valence-electron chi connectivity index (χ2n) is 3.85. The third-order valence-electron chi connectivity index (χ3n) is 2.44. The largest absolute Gasteiger partial charge is 0.316 e. The van der Waals surface area contributed by atoms with E-state index in [0.717, 1.165) is 9.35 Å². The summed E-state index contributed by atoms with van der Waals surface area (Å²) >= 11 is 4.45. The average molecular weight is 361 g/mol. The molecule has 7 heteroatoms. The third kappa shape index (κ3) is 3.56. The molecule has 0 amide bonds. The van der Waals surface area contributed by atoms with E-state index in [1.165, 1.54) is 11.3 Å². The van der Waals surface area contributed by atoms with Crippen LogP contribution in [0.15, 0.2) is 44.4 Å². The Kier molecular flexibility index (Phi) is 4.62. The first-order valence-corrected chi connectivity index (χ1v) is 8.63. The zero-order valence-corrected chi connectivity index (χ0v) is 13.4. The zero-order chi connectivity index (χ0) is 13.9. The Morgan fingerprint density at radius 2 is 1.95 bits per heavy atom. The number of hydrogen-bond donors (Lipinski definition) is 2. The summed E-state index contributed by atoms with van der Waals surface area (Å²) in [5.41, 5.74) is 1.51. The van der Waals surface area contributed by atoms with Crippen LogP contribution in [-0.2, 0) is 16.6 Å². The van der Waals surface area contributed by atoms with Crippen LogP contribution in [0.4, 0.5) is 5.69 Å². The van der Waals surface area contributed by atoms with Crippen LogP contribution in [0.5, 0.6) is 0 Å². The summed E-state index contributed by atoms with van der Waals surface area (Å²) in [6.07, 6.45) is 0. The van der Waals surface area contributed by atoms with E-state index in [1.807, 2.05) is 19.2 Å². The highest BCUT2D eigenvalue weighted by Crippen LogP contribution is 2.28. The second kappa shape index (κ2) is 6.04. The van der Waals surface area contributed by atoms with Crippen molar-refractivity contribution in [3.63, 3.8) is 0 Å². The van der Waals surface area contributed by atoms with Crippen LogP contribution >= 0.6 is 27.3 Å². The van der Waals surface area contributed by atoms with Gasteiger partial charge in [-0.3, -0.25) is 4.72 Å². The Morgan fingerprint density at radius 1 is 1.21 bits per heavy atom. The van der Waals surface area contributed by atoms with Gasteiger partial charge in [0.25, 0.3) is 10.0 Å². The molecule has 2 N–H and O–H groups in total. The van der Waals surface area contributed by atoms with Gasteiger partial charge in [0.2, 0.25) is 0 Å². The van der Waals surface area contributed by atoms with E-state index < -0.39 is 10.0 Å². The highest BCUT2D eigenvalue weighted by molar-refractivity contribution is 9.11. The van der Waals surface area contributed by atoms with Crippen LogP contribution in [0.3, 0.4) is 0 Å². The normalized spacial score (nSPS) is 11.5. The predicted molar refractivity (Wildman–Crippen MR) is 82.0 cm³/mol. The lowest BCUT2D eigenvalue weighted by atomic mass is 10.2. The molecule has 0 unspecified atom stereocenters. The molecule has 2 aromatic rings. The summed E-state index contributed by atoms with van der Waals surface area (Å²) < 4.78 is 28.2. The topological polar surface area (TPSA) is 58.2 Å². The Balaban J connectivity index is 2.30. The molecule has 0 bridgehead atoms. The van der Waals surface area contributed by atoms with Crippen LogP contribution in [0, 0.1) is 0 Å². The Bertz CT molecular complexity index is 668. The lowest BCUT2D eigenvalue weighted by Gasteiger charge is -2.11. The van der Waals surface area contributed by atoms with E-state index in [2.05, 4.69) is 26.0 Å². The summed E-state index contributed by atoms with van der Waals surface area (Å²) in [6.45, 7) is 0.604. The molecule has 2 rings (SSSR count). The van der Waals surface area contributed by atoms with E-state index in [4.69, 9.17) is 0 Å². The van der Waals surface area contributed by atoms with Gasteiger partial charge in [-0.1, -0.05) is 18.2 Å². The summed E-state index contributed by atoms with van der Waals surface area (Å²) in [4.78, 5) is 0. The molecule has 19 heavy (non-hydrogen) atoms. The zero-order valence-electron chi connectivity index (χ0n) is 10.2. The van der Waals surface area contributed by atoms with Crippen molar-refractivity contribution in [2.75, 3.05) is 11.8 Å². The minimum absolute atomic E-state index is 0.290. The molecule has 0 aliphatic heterocycles. The van der Waals surface area contributed by atoms with Crippen LogP contribution < -0.4 is 10.0 Å². The van der Waals surface area contributed by atoms with Crippen molar-refractivity contribution in [2.24, 2.45) is 0 Å². The van der Waals surface area contributed by atoms with Gasteiger partial charge in [-0.15, -0.1) is 11.3 Å². The maximum atomic E-state index is 12.2. The maximum Gasteiger partial charge on any atom is 0.271 e. The average Bonchev–Trinajstić information content (AvgIpc) is 2.79. The van der Waals surface area contributed by atoms with Crippen molar-refractivity contribution in [1.29, 1.82) is 0 Å². The van der Waals surface area contributed by atoms with Crippen LogP contribution in [0.2, 0.25) is 0 Å². The molecule has 0 atom stereocenters. The number of thiophene rings is 1. The van der Waals surface area contributed by atoms with Crippen LogP contribution in [-0.4, -0.2) is 15.5 Å². The Hall–Kier alpha value is -0.890. The van der Waals surface area contributed by atoms with Gasteiger partial charge in [-0.2, -0.15) is 0 Å². The van der Waals surface area contributed by atoms with Crippen molar-refractivity contribution in [2.45, 2.75) is 10.8 Å². The predicted octanol–water partition coefficient (Wildman–Crippen LogP) is 3.03. The molecule has 1 aromatic carbocycles. The molecular weight excluding hydrogens is 348 g/mol. The molecular formula is C12H13BrN2O2S2.